The Labute approximate surface area is 193 Å². The average molecular weight is 526 g/mol. The summed E-state index contributed by atoms with van der Waals surface area (Å²) < 4.78 is 6.92. The molecule has 150 valence electrons. The fourth-order valence-electron chi connectivity index (χ4n) is 2.83. The van der Waals surface area contributed by atoms with E-state index in [4.69, 9.17) is 4.74 Å². The first kappa shape index (κ1) is 20.7. The highest BCUT2D eigenvalue weighted by atomic mass is 127. The van der Waals surface area contributed by atoms with Crippen LogP contribution in [0.3, 0.4) is 0 Å². The molecule has 1 amide bonds. The number of nitrogens with zero attached hydrogens (tertiary/aromatic N) is 1. The fraction of sp³-hybridized carbons (Fsp3) is 0.0833. The van der Waals surface area contributed by atoms with Crippen LogP contribution in [-0.4, -0.2) is 11.1 Å². The van der Waals surface area contributed by atoms with Gasteiger partial charge in [0.2, 0.25) is 0 Å². The highest BCUT2D eigenvalue weighted by molar-refractivity contribution is 14.1. The topological polar surface area (TPSA) is 50.7 Å². The molecule has 0 aromatic heterocycles. The highest BCUT2D eigenvalue weighted by Crippen LogP contribution is 2.30. The summed E-state index contributed by atoms with van der Waals surface area (Å²) in [5.74, 6) is 0.692. The van der Waals surface area contributed by atoms with E-state index in [9.17, 15) is 4.79 Å². The van der Waals surface area contributed by atoms with Crippen molar-refractivity contribution in [3.63, 3.8) is 0 Å². The second-order valence-corrected chi connectivity index (χ2v) is 8.97. The third kappa shape index (κ3) is 5.31. The van der Waals surface area contributed by atoms with Gasteiger partial charge < -0.3 is 10.1 Å². The molecule has 4 nitrogen and oxygen atoms in total. The number of aryl methyl sites for hydroxylation is 1. The van der Waals surface area contributed by atoms with Gasteiger partial charge >= 0.3 is 0 Å². The van der Waals surface area contributed by atoms with Crippen molar-refractivity contribution in [2.75, 3.05) is 0 Å². The van der Waals surface area contributed by atoms with Crippen molar-refractivity contribution in [1.82, 2.24) is 5.32 Å². The molecule has 0 spiro atoms. The van der Waals surface area contributed by atoms with E-state index >= 15 is 0 Å². The number of benzene rings is 3. The number of amides is 1. The Morgan fingerprint density at radius 3 is 2.57 bits per heavy atom. The van der Waals surface area contributed by atoms with Gasteiger partial charge in [0.05, 0.1) is 14.2 Å². The van der Waals surface area contributed by atoms with Crippen LogP contribution < -0.4 is 10.1 Å². The summed E-state index contributed by atoms with van der Waals surface area (Å²) in [5.41, 5.74) is 4.06. The third-order valence-corrected chi connectivity index (χ3v) is 6.16. The molecule has 1 heterocycles. The molecule has 3 aromatic carbocycles. The van der Waals surface area contributed by atoms with Gasteiger partial charge in [-0.15, -0.1) is 0 Å². The number of hydrogen-bond acceptors (Lipinski definition) is 4. The van der Waals surface area contributed by atoms with Crippen LogP contribution in [0.2, 0.25) is 0 Å². The van der Waals surface area contributed by atoms with E-state index in [2.05, 4.69) is 32.9 Å². The van der Waals surface area contributed by atoms with Gasteiger partial charge in [-0.3, -0.25) is 4.79 Å². The molecule has 3 aromatic rings. The van der Waals surface area contributed by atoms with Gasteiger partial charge in [-0.05, 0) is 82.7 Å². The lowest BCUT2D eigenvalue weighted by Crippen LogP contribution is -2.19. The monoisotopic (exact) mass is 526 g/mol. The number of amidine groups is 1. The van der Waals surface area contributed by atoms with E-state index in [-0.39, 0.29) is 5.91 Å². The van der Waals surface area contributed by atoms with Crippen molar-refractivity contribution in [1.29, 1.82) is 0 Å². The van der Waals surface area contributed by atoms with Crippen LogP contribution in [0.1, 0.15) is 16.7 Å². The molecule has 1 aliphatic rings. The van der Waals surface area contributed by atoms with Crippen molar-refractivity contribution < 1.29 is 9.53 Å². The summed E-state index contributed by atoms with van der Waals surface area (Å²) in [6, 6.07) is 23.9. The molecule has 0 unspecified atom stereocenters. The Morgan fingerprint density at radius 2 is 1.83 bits per heavy atom. The predicted molar refractivity (Wildman–Crippen MR) is 132 cm³/mol. The second-order valence-electron chi connectivity index (χ2n) is 6.78. The van der Waals surface area contributed by atoms with Crippen LogP contribution in [0.4, 0.5) is 5.69 Å². The van der Waals surface area contributed by atoms with Gasteiger partial charge in [0.25, 0.3) is 5.91 Å². The molecule has 0 radical (unpaired) electrons. The zero-order chi connectivity index (χ0) is 20.9. The molecule has 0 bridgehead atoms. The first-order chi connectivity index (χ1) is 14.6. The Morgan fingerprint density at radius 1 is 1.07 bits per heavy atom. The van der Waals surface area contributed by atoms with E-state index in [1.54, 1.807) is 0 Å². The smallest absolute Gasteiger partial charge is 0.264 e. The van der Waals surface area contributed by atoms with E-state index in [0.29, 0.717) is 16.7 Å². The fourth-order valence-corrected chi connectivity index (χ4v) is 4.36. The van der Waals surface area contributed by atoms with Crippen LogP contribution in [-0.2, 0) is 11.4 Å². The predicted octanol–water partition coefficient (Wildman–Crippen LogP) is 6.07. The maximum Gasteiger partial charge on any atom is 0.264 e. The van der Waals surface area contributed by atoms with Crippen LogP contribution in [0.15, 0.2) is 82.7 Å². The quantitative estimate of drug-likeness (QED) is 0.325. The number of ether oxygens (including phenoxy) is 1. The molecule has 6 heteroatoms. The highest BCUT2D eigenvalue weighted by Gasteiger charge is 2.23. The summed E-state index contributed by atoms with van der Waals surface area (Å²) in [5, 5.41) is 3.42. The molecule has 1 saturated heterocycles. The zero-order valence-corrected chi connectivity index (χ0v) is 19.2. The summed E-state index contributed by atoms with van der Waals surface area (Å²) in [6.45, 7) is 2.55. The molecule has 1 fully saturated rings. The first-order valence-electron chi connectivity index (χ1n) is 9.39. The molecule has 0 aliphatic carbocycles. The minimum absolute atomic E-state index is 0.134. The van der Waals surface area contributed by atoms with Crippen LogP contribution >= 0.6 is 34.4 Å². The number of nitrogens with one attached hydrogen (secondary N) is 1. The Kier molecular flexibility index (Phi) is 6.54. The van der Waals surface area contributed by atoms with Crippen molar-refractivity contribution >= 4 is 57.2 Å². The Balaban J connectivity index is 1.45. The van der Waals surface area contributed by atoms with Gasteiger partial charge in [-0.1, -0.05) is 54.1 Å². The molecular weight excluding hydrogens is 507 g/mol. The van der Waals surface area contributed by atoms with Gasteiger partial charge in [-0.25, -0.2) is 4.99 Å². The summed E-state index contributed by atoms with van der Waals surface area (Å²) in [7, 11) is 0. The number of aliphatic imine (C=N–C) groups is 1. The van der Waals surface area contributed by atoms with Crippen LogP contribution in [0.5, 0.6) is 5.75 Å². The van der Waals surface area contributed by atoms with Gasteiger partial charge in [0, 0.05) is 0 Å². The van der Waals surface area contributed by atoms with Gasteiger partial charge in [0.1, 0.15) is 12.4 Å². The maximum absolute atomic E-state index is 12.3. The number of carbonyl (C=O) groups is 1. The lowest BCUT2D eigenvalue weighted by molar-refractivity contribution is -0.115. The van der Waals surface area contributed by atoms with Gasteiger partial charge in [-0.2, -0.15) is 0 Å². The molecule has 1 aliphatic heterocycles. The summed E-state index contributed by atoms with van der Waals surface area (Å²) in [4.78, 5) is 17.5. The normalized spacial score (nSPS) is 16.1. The van der Waals surface area contributed by atoms with E-state index in [1.165, 1.54) is 17.3 Å². The third-order valence-electron chi connectivity index (χ3n) is 4.41. The van der Waals surface area contributed by atoms with Crippen molar-refractivity contribution in [2.45, 2.75) is 13.5 Å². The molecule has 30 heavy (non-hydrogen) atoms. The first-order valence-corrected chi connectivity index (χ1v) is 11.3. The van der Waals surface area contributed by atoms with Crippen molar-refractivity contribution in [2.24, 2.45) is 4.99 Å². The zero-order valence-electron chi connectivity index (χ0n) is 16.3. The van der Waals surface area contributed by atoms with E-state index in [1.807, 2.05) is 85.8 Å². The number of halogens is 1. The van der Waals surface area contributed by atoms with Gasteiger partial charge in [0.15, 0.2) is 5.17 Å². The minimum Gasteiger partial charge on any atom is -0.488 e. The lowest BCUT2D eigenvalue weighted by Gasteiger charge is -2.09. The Bertz CT molecular complexity index is 1130. The Hall–Kier alpha value is -2.58. The molecular formula is C24H19IN2O2S. The van der Waals surface area contributed by atoms with Crippen molar-refractivity contribution in [3.05, 3.63) is 98.0 Å². The largest absolute Gasteiger partial charge is 0.488 e. The van der Waals surface area contributed by atoms with E-state index in [0.717, 1.165) is 26.1 Å². The number of thioether (sulfide) groups is 1. The minimum atomic E-state index is -0.134. The van der Waals surface area contributed by atoms with Crippen LogP contribution in [0.25, 0.3) is 6.08 Å². The number of rotatable bonds is 5. The SMILES string of the molecule is Cc1ccc(N=C2NC(=O)/C(=C\c3ccc(OCc4ccccc4)c(I)c3)S2)cc1. The number of carbonyl (C=O) groups excluding carboxylic acids is 1. The molecule has 0 saturated carbocycles. The van der Waals surface area contributed by atoms with Crippen molar-refractivity contribution in [3.8, 4) is 5.75 Å². The molecule has 4 rings (SSSR count). The number of hydrogen-bond donors (Lipinski definition) is 1. The maximum atomic E-state index is 12.3. The summed E-state index contributed by atoms with van der Waals surface area (Å²) >= 11 is 3.60. The van der Waals surface area contributed by atoms with E-state index < -0.39 is 0 Å². The molecule has 1 N–H and O–H groups in total. The van der Waals surface area contributed by atoms with Crippen LogP contribution in [0, 0.1) is 10.5 Å². The second kappa shape index (κ2) is 9.49. The standard InChI is InChI=1S/C24H19IN2O2S/c1-16-7-10-19(11-8-16)26-24-27-23(28)22(30-24)14-18-9-12-21(20(25)13-18)29-15-17-5-3-2-4-6-17/h2-14H,15H2,1H3,(H,26,27,28)/b22-14+. The molecule has 0 atom stereocenters. The summed E-state index contributed by atoms with van der Waals surface area (Å²) in [6.07, 6.45) is 1.88. The average Bonchev–Trinajstić information content (AvgIpc) is 3.08. The lowest BCUT2D eigenvalue weighted by atomic mass is 10.2.